The van der Waals surface area contributed by atoms with Crippen LogP contribution >= 0.6 is 22.9 Å². The van der Waals surface area contributed by atoms with Gasteiger partial charge in [-0.25, -0.2) is 22.0 Å². The molecule has 0 saturated heterocycles. The van der Waals surface area contributed by atoms with E-state index in [-0.39, 0.29) is 18.1 Å². The average Bonchev–Trinajstić information content (AvgIpc) is 3.25. The largest absolute Gasteiger partial charge is 0.215 e. The molecule has 2 heterocycles. The molecule has 2 aromatic heterocycles. The molecule has 2 aromatic carbocycles. The van der Waals surface area contributed by atoms with E-state index in [4.69, 9.17) is 11.6 Å². The summed E-state index contributed by atoms with van der Waals surface area (Å²) in [6, 6.07) is 12.9. The molecular weight excluding hydrogens is 435 g/mol. The van der Waals surface area contributed by atoms with Crippen molar-refractivity contribution < 1.29 is 12.8 Å². The summed E-state index contributed by atoms with van der Waals surface area (Å²) in [5.41, 5.74) is 1.96. The van der Waals surface area contributed by atoms with Crippen LogP contribution in [0.25, 0.3) is 16.3 Å². The zero-order valence-corrected chi connectivity index (χ0v) is 17.4. The van der Waals surface area contributed by atoms with Gasteiger partial charge in [0.05, 0.1) is 11.4 Å². The van der Waals surface area contributed by atoms with Crippen LogP contribution in [0.4, 0.5) is 4.39 Å². The summed E-state index contributed by atoms with van der Waals surface area (Å²) in [6.45, 7) is 0.216. The number of fused-ring (bicyclic) bond motifs is 1. The maximum atomic E-state index is 13.4. The first kappa shape index (κ1) is 20.0. The van der Waals surface area contributed by atoms with Crippen molar-refractivity contribution in [2.45, 2.75) is 12.2 Å². The second-order valence-electron chi connectivity index (χ2n) is 6.36. The topological polar surface area (TPSA) is 76.4 Å². The second kappa shape index (κ2) is 8.19. The van der Waals surface area contributed by atoms with E-state index < -0.39 is 10.0 Å². The minimum Gasteiger partial charge on any atom is -0.215 e. The van der Waals surface area contributed by atoms with Gasteiger partial charge in [0, 0.05) is 28.9 Å². The highest BCUT2D eigenvalue weighted by Crippen LogP contribution is 2.22. The maximum Gasteiger partial charge on any atom is 0.215 e. The molecule has 0 bridgehead atoms. The number of halogens is 2. The van der Waals surface area contributed by atoms with Crippen molar-refractivity contribution in [3.05, 3.63) is 76.0 Å². The van der Waals surface area contributed by atoms with Crippen molar-refractivity contribution in [1.82, 2.24) is 19.3 Å². The molecule has 0 radical (unpaired) electrons. The average molecular weight is 451 g/mol. The van der Waals surface area contributed by atoms with Crippen LogP contribution in [0.1, 0.15) is 11.3 Å². The van der Waals surface area contributed by atoms with Crippen LogP contribution in [-0.4, -0.2) is 29.6 Å². The lowest BCUT2D eigenvalue weighted by Crippen LogP contribution is -2.27. The standard InChI is InChI=1S/C19H16ClFN4O2S2/c20-17-7-2-1-4-14(17)12-29(26,27)22-9-8-16-11-28-19-23-18(24-25(16)19)13-5-3-6-15(21)10-13/h1-7,10-11,22H,8-9,12H2. The Bertz CT molecular complexity index is 1270. The molecule has 0 aliphatic rings. The molecule has 6 nitrogen and oxygen atoms in total. The number of nitrogens with one attached hydrogen (secondary N) is 1. The number of benzene rings is 2. The molecule has 0 atom stereocenters. The predicted octanol–water partition coefficient (Wildman–Crippen LogP) is 3.91. The lowest BCUT2D eigenvalue weighted by Gasteiger charge is -2.07. The monoisotopic (exact) mass is 450 g/mol. The minimum atomic E-state index is -3.52. The van der Waals surface area contributed by atoms with Gasteiger partial charge in [-0.15, -0.1) is 16.4 Å². The lowest BCUT2D eigenvalue weighted by molar-refractivity contribution is 0.580. The molecule has 0 aliphatic carbocycles. The highest BCUT2D eigenvalue weighted by molar-refractivity contribution is 7.88. The van der Waals surface area contributed by atoms with Gasteiger partial charge in [-0.3, -0.25) is 0 Å². The molecular formula is C19H16ClFN4O2S2. The summed E-state index contributed by atoms with van der Waals surface area (Å²) < 4.78 is 42.3. The number of hydrogen-bond donors (Lipinski definition) is 1. The number of nitrogens with zero attached hydrogens (tertiary/aromatic N) is 3. The van der Waals surface area contributed by atoms with Gasteiger partial charge in [-0.05, 0) is 23.8 Å². The van der Waals surface area contributed by atoms with Crippen molar-refractivity contribution in [3.8, 4) is 11.4 Å². The third-order valence-corrected chi connectivity index (χ3v) is 6.81. The van der Waals surface area contributed by atoms with Crippen molar-refractivity contribution in [3.63, 3.8) is 0 Å². The Morgan fingerprint density at radius 2 is 2.00 bits per heavy atom. The fourth-order valence-electron chi connectivity index (χ4n) is 2.85. The normalized spacial score (nSPS) is 11.9. The molecule has 29 heavy (non-hydrogen) atoms. The van der Waals surface area contributed by atoms with Gasteiger partial charge in [-0.2, -0.15) is 4.98 Å². The number of rotatable bonds is 7. The van der Waals surface area contributed by atoms with Gasteiger partial charge >= 0.3 is 0 Å². The Morgan fingerprint density at radius 1 is 1.17 bits per heavy atom. The van der Waals surface area contributed by atoms with E-state index in [0.29, 0.717) is 33.4 Å². The Balaban J connectivity index is 1.44. The summed E-state index contributed by atoms with van der Waals surface area (Å²) in [6.07, 6.45) is 0.438. The molecule has 0 spiro atoms. The number of thiazole rings is 1. The lowest BCUT2D eigenvalue weighted by atomic mass is 10.2. The highest BCUT2D eigenvalue weighted by Gasteiger charge is 2.15. The van der Waals surface area contributed by atoms with Gasteiger partial charge in [0.2, 0.25) is 15.0 Å². The van der Waals surface area contributed by atoms with Crippen molar-refractivity contribution in [2.75, 3.05) is 6.54 Å². The van der Waals surface area contributed by atoms with Gasteiger partial charge < -0.3 is 0 Å². The molecule has 0 aliphatic heterocycles. The smallest absolute Gasteiger partial charge is 0.215 e. The van der Waals surface area contributed by atoms with E-state index in [0.717, 1.165) is 5.69 Å². The van der Waals surface area contributed by atoms with Gasteiger partial charge in [0.1, 0.15) is 5.82 Å². The second-order valence-corrected chi connectivity index (χ2v) is 9.41. The van der Waals surface area contributed by atoms with Crippen LogP contribution < -0.4 is 4.72 Å². The zero-order valence-electron chi connectivity index (χ0n) is 15.0. The SMILES string of the molecule is O=S(=O)(Cc1ccccc1Cl)NCCc1csc2nc(-c3cccc(F)c3)nn12. The number of hydrogen-bond acceptors (Lipinski definition) is 5. The summed E-state index contributed by atoms with van der Waals surface area (Å²) >= 11 is 7.44. The summed E-state index contributed by atoms with van der Waals surface area (Å²) in [5, 5.41) is 6.74. The first-order valence-electron chi connectivity index (χ1n) is 8.71. The van der Waals surface area contributed by atoms with Crippen LogP contribution in [0, 0.1) is 5.82 Å². The highest BCUT2D eigenvalue weighted by atomic mass is 35.5. The molecule has 4 aromatic rings. The first-order valence-corrected chi connectivity index (χ1v) is 11.6. The molecule has 10 heteroatoms. The van der Waals surface area contributed by atoms with Crippen molar-refractivity contribution in [2.24, 2.45) is 0 Å². The fourth-order valence-corrected chi connectivity index (χ4v) is 5.17. The van der Waals surface area contributed by atoms with Gasteiger partial charge in [0.25, 0.3) is 0 Å². The minimum absolute atomic E-state index is 0.182. The molecule has 4 rings (SSSR count). The molecule has 0 amide bonds. The van der Waals surface area contributed by atoms with Crippen LogP contribution in [0.15, 0.2) is 53.9 Å². The molecule has 1 N–H and O–H groups in total. The van der Waals surface area contributed by atoms with E-state index in [2.05, 4.69) is 14.8 Å². The Kier molecular flexibility index (Phi) is 5.64. The van der Waals surface area contributed by atoms with E-state index in [1.807, 2.05) is 5.38 Å². The van der Waals surface area contributed by atoms with E-state index in [1.54, 1.807) is 40.9 Å². The molecule has 0 unspecified atom stereocenters. The quantitative estimate of drug-likeness (QED) is 0.463. The van der Waals surface area contributed by atoms with E-state index in [9.17, 15) is 12.8 Å². The first-order chi connectivity index (χ1) is 13.9. The Hall–Kier alpha value is -2.33. The summed E-state index contributed by atoms with van der Waals surface area (Å²) in [5.74, 6) is -0.107. The van der Waals surface area contributed by atoms with Crippen molar-refractivity contribution in [1.29, 1.82) is 0 Å². The summed E-state index contributed by atoms with van der Waals surface area (Å²) in [7, 11) is -3.52. The predicted molar refractivity (Wildman–Crippen MR) is 112 cm³/mol. The third kappa shape index (κ3) is 4.64. The van der Waals surface area contributed by atoms with Crippen LogP contribution in [0.3, 0.4) is 0 Å². The number of sulfonamides is 1. The van der Waals surface area contributed by atoms with Crippen molar-refractivity contribution >= 4 is 37.9 Å². The van der Waals surface area contributed by atoms with Crippen LogP contribution in [0.5, 0.6) is 0 Å². The number of aromatic nitrogens is 3. The zero-order chi connectivity index (χ0) is 20.4. The molecule has 150 valence electrons. The maximum absolute atomic E-state index is 13.4. The van der Waals surface area contributed by atoms with E-state index in [1.165, 1.54) is 23.5 Å². The van der Waals surface area contributed by atoms with Crippen LogP contribution in [0.2, 0.25) is 5.02 Å². The third-order valence-electron chi connectivity index (χ3n) is 4.24. The van der Waals surface area contributed by atoms with Gasteiger partial charge in [0.15, 0.2) is 5.82 Å². The fraction of sp³-hybridized carbons (Fsp3) is 0.158. The molecule has 0 saturated carbocycles. The van der Waals surface area contributed by atoms with Crippen LogP contribution in [-0.2, 0) is 22.2 Å². The van der Waals surface area contributed by atoms with E-state index >= 15 is 0 Å². The Labute approximate surface area is 176 Å². The summed E-state index contributed by atoms with van der Waals surface area (Å²) in [4.78, 5) is 5.08. The Morgan fingerprint density at radius 3 is 2.79 bits per heavy atom. The van der Waals surface area contributed by atoms with Gasteiger partial charge in [-0.1, -0.05) is 41.9 Å². The molecule has 0 fully saturated rings.